The molecule has 84 valence electrons. The van der Waals surface area contributed by atoms with E-state index in [0.717, 1.165) is 16.6 Å². The molecule has 1 heterocycles. The summed E-state index contributed by atoms with van der Waals surface area (Å²) in [5.74, 6) is -0.882. The van der Waals surface area contributed by atoms with Gasteiger partial charge in [0.05, 0.1) is 11.6 Å². The zero-order chi connectivity index (χ0) is 11.5. The number of aromatic nitrogens is 1. The highest BCUT2D eigenvalue weighted by Gasteiger charge is 2.08. The van der Waals surface area contributed by atoms with Crippen molar-refractivity contribution in [3.63, 3.8) is 0 Å². The second-order valence-electron chi connectivity index (χ2n) is 3.46. The van der Waals surface area contributed by atoms with Crippen LogP contribution in [0.4, 0.5) is 0 Å². The van der Waals surface area contributed by atoms with Gasteiger partial charge in [0.1, 0.15) is 0 Å². The molecule has 0 fully saturated rings. The molecule has 5 heteroatoms. The molecule has 0 radical (unpaired) electrons. The Kier molecular flexibility index (Phi) is 3.12. The molecule has 0 saturated heterocycles. The number of fused-ring (bicyclic) bond motifs is 1. The quantitative estimate of drug-likeness (QED) is 0.763. The molecule has 2 aromatic rings. The number of nitrogens with one attached hydrogen (secondary N) is 2. The lowest BCUT2D eigenvalue weighted by Gasteiger charge is -1.99. The van der Waals surface area contributed by atoms with Crippen molar-refractivity contribution in [1.82, 2.24) is 10.3 Å². The van der Waals surface area contributed by atoms with Crippen LogP contribution in [0.3, 0.4) is 0 Å². The Hall–Kier alpha value is -1.52. The van der Waals surface area contributed by atoms with E-state index in [1.165, 1.54) is 0 Å². The highest BCUT2D eigenvalue weighted by Crippen LogP contribution is 2.26. The smallest absolute Gasteiger partial charge is 0.317 e. The second-order valence-corrected chi connectivity index (χ2v) is 3.84. The van der Waals surface area contributed by atoms with Crippen LogP contribution in [0.15, 0.2) is 24.3 Å². The lowest BCUT2D eigenvalue weighted by molar-refractivity contribution is -0.135. The first kappa shape index (κ1) is 11.0. The van der Waals surface area contributed by atoms with Gasteiger partial charge < -0.3 is 15.4 Å². The molecule has 0 aliphatic heterocycles. The van der Waals surface area contributed by atoms with E-state index in [1.54, 1.807) is 0 Å². The van der Waals surface area contributed by atoms with Crippen LogP contribution in [0.25, 0.3) is 10.9 Å². The first-order valence-corrected chi connectivity index (χ1v) is 5.24. The van der Waals surface area contributed by atoms with E-state index in [2.05, 4.69) is 10.3 Å². The van der Waals surface area contributed by atoms with E-state index in [4.69, 9.17) is 16.7 Å². The van der Waals surface area contributed by atoms with Crippen molar-refractivity contribution in [1.29, 1.82) is 0 Å². The van der Waals surface area contributed by atoms with Crippen molar-refractivity contribution in [3.8, 4) is 0 Å². The van der Waals surface area contributed by atoms with Crippen LogP contribution in [0, 0.1) is 0 Å². The van der Waals surface area contributed by atoms with Crippen molar-refractivity contribution in [2.45, 2.75) is 6.54 Å². The highest BCUT2D eigenvalue weighted by molar-refractivity contribution is 6.36. The van der Waals surface area contributed by atoms with Crippen LogP contribution in [0.2, 0.25) is 5.02 Å². The Balaban J connectivity index is 2.18. The van der Waals surface area contributed by atoms with E-state index in [1.807, 2.05) is 24.3 Å². The summed E-state index contributed by atoms with van der Waals surface area (Å²) < 4.78 is 0. The fourth-order valence-electron chi connectivity index (χ4n) is 1.58. The predicted octanol–water partition coefficient (Wildman–Crippen LogP) is 2.00. The number of carboxylic acid groups (broad SMARTS) is 1. The summed E-state index contributed by atoms with van der Waals surface area (Å²) in [6.07, 6.45) is 0. The van der Waals surface area contributed by atoms with Gasteiger partial charge in [-0.2, -0.15) is 0 Å². The van der Waals surface area contributed by atoms with Crippen LogP contribution in [0.5, 0.6) is 0 Å². The van der Waals surface area contributed by atoms with Gasteiger partial charge in [-0.15, -0.1) is 0 Å². The normalized spacial score (nSPS) is 10.8. The van der Waals surface area contributed by atoms with Crippen molar-refractivity contribution in [2.24, 2.45) is 0 Å². The number of hydrogen-bond donors (Lipinski definition) is 3. The van der Waals surface area contributed by atoms with E-state index < -0.39 is 5.97 Å². The molecule has 0 aliphatic carbocycles. The lowest BCUT2D eigenvalue weighted by Crippen LogP contribution is -2.22. The van der Waals surface area contributed by atoms with Gasteiger partial charge in [0.15, 0.2) is 0 Å². The number of benzene rings is 1. The number of rotatable bonds is 4. The van der Waals surface area contributed by atoms with Crippen molar-refractivity contribution in [2.75, 3.05) is 6.54 Å². The number of H-pyrrole nitrogens is 1. The van der Waals surface area contributed by atoms with Crippen molar-refractivity contribution < 1.29 is 9.90 Å². The molecule has 4 nitrogen and oxygen atoms in total. The van der Waals surface area contributed by atoms with Gasteiger partial charge in [0, 0.05) is 23.1 Å². The first-order valence-electron chi connectivity index (χ1n) is 4.86. The number of halogens is 1. The monoisotopic (exact) mass is 238 g/mol. The molecule has 2 rings (SSSR count). The van der Waals surface area contributed by atoms with Gasteiger partial charge in [0.2, 0.25) is 0 Å². The van der Waals surface area contributed by atoms with E-state index >= 15 is 0 Å². The summed E-state index contributed by atoms with van der Waals surface area (Å²) >= 11 is 6.15. The zero-order valence-corrected chi connectivity index (χ0v) is 9.21. The number of aliphatic carboxylic acids is 1. The third-order valence-corrected chi connectivity index (χ3v) is 2.72. The lowest BCUT2D eigenvalue weighted by atomic mass is 10.2. The summed E-state index contributed by atoms with van der Waals surface area (Å²) in [5, 5.41) is 12.9. The van der Waals surface area contributed by atoms with Gasteiger partial charge in [-0.3, -0.25) is 4.79 Å². The molecule has 0 saturated carbocycles. The summed E-state index contributed by atoms with van der Waals surface area (Å²) in [5.41, 5.74) is 1.77. The minimum Gasteiger partial charge on any atom is -0.480 e. The summed E-state index contributed by atoms with van der Waals surface area (Å²) in [6.45, 7) is 0.339. The van der Waals surface area contributed by atoms with E-state index in [9.17, 15) is 4.79 Å². The average molecular weight is 239 g/mol. The van der Waals surface area contributed by atoms with Gasteiger partial charge in [-0.25, -0.2) is 0 Å². The molecule has 0 atom stereocenters. The first-order chi connectivity index (χ1) is 7.68. The average Bonchev–Trinajstić information content (AvgIpc) is 2.56. The van der Waals surface area contributed by atoms with Crippen molar-refractivity contribution >= 4 is 28.5 Å². The largest absolute Gasteiger partial charge is 0.480 e. The van der Waals surface area contributed by atoms with E-state index in [-0.39, 0.29) is 6.54 Å². The molecule has 1 aromatic carbocycles. The van der Waals surface area contributed by atoms with Crippen molar-refractivity contribution in [3.05, 3.63) is 35.0 Å². The minimum absolute atomic E-state index is 0.0777. The zero-order valence-electron chi connectivity index (χ0n) is 8.46. The summed E-state index contributed by atoms with van der Waals surface area (Å²) in [4.78, 5) is 13.5. The molecule has 0 aliphatic rings. The van der Waals surface area contributed by atoms with Gasteiger partial charge >= 0.3 is 5.97 Å². The molecule has 16 heavy (non-hydrogen) atoms. The second kappa shape index (κ2) is 4.55. The maximum absolute atomic E-state index is 10.3. The highest BCUT2D eigenvalue weighted by atomic mass is 35.5. The fraction of sp³-hybridized carbons (Fsp3) is 0.182. The molecule has 0 bridgehead atoms. The Morgan fingerprint density at radius 3 is 2.88 bits per heavy atom. The molecule has 0 amide bonds. The Morgan fingerprint density at radius 2 is 2.19 bits per heavy atom. The number of carboxylic acids is 1. The minimum atomic E-state index is -0.882. The predicted molar refractivity (Wildman–Crippen MR) is 62.7 cm³/mol. The van der Waals surface area contributed by atoms with Crippen LogP contribution in [-0.4, -0.2) is 22.6 Å². The Morgan fingerprint density at radius 1 is 1.44 bits per heavy atom. The topological polar surface area (TPSA) is 65.1 Å². The molecule has 0 unspecified atom stereocenters. The molecular weight excluding hydrogens is 228 g/mol. The van der Waals surface area contributed by atoms with Crippen LogP contribution in [0.1, 0.15) is 5.69 Å². The Labute approximate surface area is 97.2 Å². The molecule has 1 aromatic heterocycles. The van der Waals surface area contributed by atoms with Gasteiger partial charge in [-0.05, 0) is 6.07 Å². The summed E-state index contributed by atoms with van der Waals surface area (Å²) in [6, 6.07) is 7.69. The van der Waals surface area contributed by atoms with Crippen LogP contribution < -0.4 is 5.32 Å². The number of aromatic amines is 1. The standard InChI is InChI=1S/C11H11ClN2O2/c12-11-7-3-1-2-4-8(7)14-9(11)5-13-6-10(15)16/h1-4,13-14H,5-6H2,(H,15,16). The van der Waals surface area contributed by atoms with Gasteiger partial charge in [0.25, 0.3) is 0 Å². The SMILES string of the molecule is O=C(O)CNCc1[nH]c2ccccc2c1Cl. The fourth-order valence-corrected chi connectivity index (χ4v) is 1.86. The van der Waals surface area contributed by atoms with Crippen LogP contribution >= 0.6 is 11.6 Å². The third-order valence-electron chi connectivity index (χ3n) is 2.29. The van der Waals surface area contributed by atoms with E-state index in [0.29, 0.717) is 11.6 Å². The number of hydrogen-bond acceptors (Lipinski definition) is 2. The Bertz CT molecular complexity index is 522. The summed E-state index contributed by atoms with van der Waals surface area (Å²) in [7, 11) is 0. The molecule has 3 N–H and O–H groups in total. The van der Waals surface area contributed by atoms with Crippen LogP contribution in [-0.2, 0) is 11.3 Å². The van der Waals surface area contributed by atoms with Gasteiger partial charge in [-0.1, -0.05) is 29.8 Å². The maximum atomic E-state index is 10.3. The third kappa shape index (κ3) is 2.18. The maximum Gasteiger partial charge on any atom is 0.317 e. The number of carbonyl (C=O) groups is 1. The molecule has 0 spiro atoms. The molecular formula is C11H11ClN2O2. The number of para-hydroxylation sites is 1.